The second kappa shape index (κ2) is 8.55. The Labute approximate surface area is 160 Å². The number of phenolic OH excluding ortho intramolecular Hbond substituents is 1. The zero-order chi connectivity index (χ0) is 20.2. The minimum absolute atomic E-state index is 0.107. The fourth-order valence-corrected chi connectivity index (χ4v) is 3.16. The van der Waals surface area contributed by atoms with E-state index < -0.39 is 11.7 Å². The SMILES string of the molecule is CCc1ccc(O)c(C(=O)CC(=O)C2CCCN(C(=O)OC(C)(C)C)C2)c1. The van der Waals surface area contributed by atoms with Gasteiger partial charge < -0.3 is 14.7 Å². The molecule has 6 nitrogen and oxygen atoms in total. The van der Waals surface area contributed by atoms with Gasteiger partial charge in [0, 0.05) is 19.0 Å². The van der Waals surface area contributed by atoms with Gasteiger partial charge in [0.1, 0.15) is 17.1 Å². The number of ether oxygens (including phenoxy) is 1. The van der Waals surface area contributed by atoms with Crippen LogP contribution in [-0.2, 0) is 16.0 Å². The second-order valence-corrected chi connectivity index (χ2v) is 8.04. The van der Waals surface area contributed by atoms with E-state index in [2.05, 4.69) is 0 Å². The monoisotopic (exact) mass is 375 g/mol. The van der Waals surface area contributed by atoms with Gasteiger partial charge in [0.15, 0.2) is 5.78 Å². The fraction of sp³-hybridized carbons (Fsp3) is 0.571. The number of hydrogen-bond acceptors (Lipinski definition) is 5. The van der Waals surface area contributed by atoms with Crippen LogP contribution in [0.2, 0.25) is 0 Å². The number of rotatable bonds is 5. The molecule has 1 amide bonds. The molecule has 1 aromatic carbocycles. The summed E-state index contributed by atoms with van der Waals surface area (Å²) in [6.07, 6.45) is 1.38. The lowest BCUT2D eigenvalue weighted by molar-refractivity contribution is -0.123. The highest BCUT2D eigenvalue weighted by molar-refractivity contribution is 6.10. The molecule has 1 aromatic rings. The van der Waals surface area contributed by atoms with Crippen molar-refractivity contribution in [2.45, 2.75) is 59.0 Å². The molecule has 1 heterocycles. The minimum Gasteiger partial charge on any atom is -0.507 e. The maximum absolute atomic E-state index is 12.6. The van der Waals surface area contributed by atoms with Crippen molar-refractivity contribution in [1.82, 2.24) is 4.90 Å². The standard InChI is InChI=1S/C21H29NO5/c1-5-14-8-9-17(23)16(11-14)19(25)12-18(24)15-7-6-10-22(13-15)20(26)27-21(2,3)4/h8-9,11,15,23H,5-7,10,12-13H2,1-4H3. The van der Waals surface area contributed by atoms with Crippen LogP contribution >= 0.6 is 0 Å². The highest BCUT2D eigenvalue weighted by Gasteiger charge is 2.32. The van der Waals surface area contributed by atoms with E-state index in [1.165, 1.54) is 11.0 Å². The number of ketones is 2. The van der Waals surface area contributed by atoms with Crippen LogP contribution in [0.4, 0.5) is 4.79 Å². The molecule has 0 aromatic heterocycles. The predicted octanol–water partition coefficient (Wildman–Crippen LogP) is 3.74. The number of carbonyl (C=O) groups is 3. The number of benzene rings is 1. The van der Waals surface area contributed by atoms with E-state index >= 15 is 0 Å². The highest BCUT2D eigenvalue weighted by atomic mass is 16.6. The van der Waals surface area contributed by atoms with Gasteiger partial charge >= 0.3 is 6.09 Å². The molecule has 1 aliphatic rings. The first-order valence-corrected chi connectivity index (χ1v) is 9.46. The average Bonchev–Trinajstić information content (AvgIpc) is 2.60. The lowest BCUT2D eigenvalue weighted by Gasteiger charge is -2.33. The molecule has 1 atom stereocenters. The Hall–Kier alpha value is -2.37. The van der Waals surface area contributed by atoms with Gasteiger partial charge in [-0.25, -0.2) is 4.79 Å². The normalized spacial score (nSPS) is 17.5. The van der Waals surface area contributed by atoms with Crippen molar-refractivity contribution in [2.75, 3.05) is 13.1 Å². The van der Waals surface area contributed by atoms with Crippen LogP contribution in [0.3, 0.4) is 0 Å². The van der Waals surface area contributed by atoms with Crippen LogP contribution in [0.25, 0.3) is 0 Å². The van der Waals surface area contributed by atoms with Gasteiger partial charge in [-0.1, -0.05) is 13.0 Å². The van der Waals surface area contributed by atoms with Crippen LogP contribution in [0.15, 0.2) is 18.2 Å². The number of piperidine rings is 1. The number of carbonyl (C=O) groups excluding carboxylic acids is 3. The van der Waals surface area contributed by atoms with E-state index in [1.807, 2.05) is 6.92 Å². The molecule has 0 radical (unpaired) electrons. The summed E-state index contributed by atoms with van der Waals surface area (Å²) < 4.78 is 5.37. The van der Waals surface area contributed by atoms with Gasteiger partial charge in [-0.3, -0.25) is 9.59 Å². The third-order valence-corrected chi connectivity index (χ3v) is 4.63. The number of likely N-dealkylation sites (tertiary alicyclic amines) is 1. The van der Waals surface area contributed by atoms with Gasteiger partial charge in [-0.05, 0) is 57.7 Å². The minimum atomic E-state index is -0.591. The molecule has 1 fully saturated rings. The zero-order valence-electron chi connectivity index (χ0n) is 16.6. The van der Waals surface area contributed by atoms with Gasteiger partial charge in [-0.2, -0.15) is 0 Å². The maximum atomic E-state index is 12.6. The van der Waals surface area contributed by atoms with Crippen molar-refractivity contribution in [3.63, 3.8) is 0 Å². The Bertz CT molecular complexity index is 720. The molecule has 1 saturated heterocycles. The van der Waals surface area contributed by atoms with E-state index in [0.717, 1.165) is 12.0 Å². The maximum Gasteiger partial charge on any atom is 0.410 e. The summed E-state index contributed by atoms with van der Waals surface area (Å²) >= 11 is 0. The molecule has 1 aliphatic heterocycles. The molecular formula is C21H29NO5. The van der Waals surface area contributed by atoms with Crippen LogP contribution in [-0.4, -0.2) is 46.4 Å². The first kappa shape index (κ1) is 20.9. The quantitative estimate of drug-likeness (QED) is 0.626. The van der Waals surface area contributed by atoms with E-state index in [-0.39, 0.29) is 41.8 Å². The number of aryl methyl sites for hydroxylation is 1. The fourth-order valence-electron chi connectivity index (χ4n) is 3.16. The first-order chi connectivity index (χ1) is 12.6. The van der Waals surface area contributed by atoms with Crippen molar-refractivity contribution >= 4 is 17.7 Å². The number of nitrogens with zero attached hydrogens (tertiary/aromatic N) is 1. The molecule has 1 unspecified atom stereocenters. The smallest absolute Gasteiger partial charge is 0.410 e. The number of aromatic hydroxyl groups is 1. The summed E-state index contributed by atoms with van der Waals surface area (Å²) in [5.41, 5.74) is 0.520. The molecule has 0 spiro atoms. The first-order valence-electron chi connectivity index (χ1n) is 9.46. The van der Waals surface area contributed by atoms with Crippen molar-refractivity contribution in [3.05, 3.63) is 29.3 Å². The van der Waals surface area contributed by atoms with Crippen molar-refractivity contribution in [3.8, 4) is 5.75 Å². The Morgan fingerprint density at radius 2 is 1.96 bits per heavy atom. The summed E-state index contributed by atoms with van der Waals surface area (Å²) in [4.78, 5) is 38.9. The molecule has 6 heteroatoms. The summed E-state index contributed by atoms with van der Waals surface area (Å²) in [6.45, 7) is 8.17. The van der Waals surface area contributed by atoms with Crippen LogP contribution < -0.4 is 0 Å². The number of Topliss-reactive ketones (excluding diaryl/α,β-unsaturated/α-hetero) is 2. The zero-order valence-corrected chi connectivity index (χ0v) is 16.6. The van der Waals surface area contributed by atoms with E-state index in [1.54, 1.807) is 32.9 Å². The second-order valence-electron chi connectivity index (χ2n) is 8.04. The molecule has 27 heavy (non-hydrogen) atoms. The van der Waals surface area contributed by atoms with Crippen molar-refractivity contribution in [2.24, 2.45) is 5.92 Å². The highest BCUT2D eigenvalue weighted by Crippen LogP contribution is 2.24. The number of hydrogen-bond donors (Lipinski definition) is 1. The molecule has 2 rings (SSSR count). The largest absolute Gasteiger partial charge is 0.507 e. The van der Waals surface area contributed by atoms with E-state index in [9.17, 15) is 19.5 Å². The molecule has 1 N–H and O–H groups in total. The lowest BCUT2D eigenvalue weighted by Crippen LogP contribution is -2.44. The van der Waals surface area contributed by atoms with Crippen molar-refractivity contribution in [1.29, 1.82) is 0 Å². The van der Waals surface area contributed by atoms with E-state index in [0.29, 0.717) is 19.4 Å². The topological polar surface area (TPSA) is 83.9 Å². The number of phenols is 1. The Morgan fingerprint density at radius 3 is 2.59 bits per heavy atom. The van der Waals surface area contributed by atoms with Gasteiger partial charge in [0.25, 0.3) is 0 Å². The Balaban J connectivity index is 2.01. The Morgan fingerprint density at radius 1 is 1.26 bits per heavy atom. The molecule has 0 aliphatic carbocycles. The number of amides is 1. The van der Waals surface area contributed by atoms with Crippen LogP contribution in [0.1, 0.15) is 62.9 Å². The predicted molar refractivity (Wildman–Crippen MR) is 102 cm³/mol. The van der Waals surface area contributed by atoms with Gasteiger partial charge in [0.2, 0.25) is 0 Å². The third-order valence-electron chi connectivity index (χ3n) is 4.63. The average molecular weight is 375 g/mol. The lowest BCUT2D eigenvalue weighted by atomic mass is 9.90. The summed E-state index contributed by atoms with van der Waals surface area (Å²) in [6, 6.07) is 4.88. The van der Waals surface area contributed by atoms with Gasteiger partial charge in [-0.15, -0.1) is 0 Å². The summed E-state index contributed by atoms with van der Waals surface area (Å²) in [5.74, 6) is -1.08. The molecule has 0 saturated carbocycles. The molecule has 0 bridgehead atoms. The van der Waals surface area contributed by atoms with Crippen LogP contribution in [0, 0.1) is 5.92 Å². The van der Waals surface area contributed by atoms with Gasteiger partial charge in [0.05, 0.1) is 12.0 Å². The molecule has 148 valence electrons. The molecular weight excluding hydrogens is 346 g/mol. The Kier molecular flexibility index (Phi) is 6.63. The van der Waals surface area contributed by atoms with Crippen LogP contribution in [0.5, 0.6) is 5.75 Å². The third kappa shape index (κ3) is 5.81. The van der Waals surface area contributed by atoms with Crippen molar-refractivity contribution < 1.29 is 24.2 Å². The summed E-state index contributed by atoms with van der Waals surface area (Å²) in [7, 11) is 0. The summed E-state index contributed by atoms with van der Waals surface area (Å²) in [5, 5.41) is 9.95. The van der Waals surface area contributed by atoms with E-state index in [4.69, 9.17) is 4.74 Å².